The molecule has 0 amide bonds. The third-order valence-corrected chi connectivity index (χ3v) is 5.23. The number of halogens is 2. The summed E-state index contributed by atoms with van der Waals surface area (Å²) in [5.74, 6) is -0.0182. The Hall–Kier alpha value is -2.02. The first-order chi connectivity index (χ1) is 12.7. The third-order valence-electron chi connectivity index (χ3n) is 4.93. The number of pyridine rings is 1. The molecule has 1 atom stereocenters. The zero-order chi connectivity index (χ0) is 18.1. The molecule has 4 rings (SSSR count). The van der Waals surface area contributed by atoms with Crippen LogP contribution in [0.15, 0.2) is 36.5 Å². The van der Waals surface area contributed by atoms with Crippen LogP contribution in [0.25, 0.3) is 11.0 Å². The maximum atomic E-state index is 13.7. The van der Waals surface area contributed by atoms with Gasteiger partial charge in [-0.15, -0.1) is 0 Å². The van der Waals surface area contributed by atoms with Crippen molar-refractivity contribution in [3.05, 3.63) is 58.6 Å². The number of rotatable bonds is 5. The Labute approximate surface area is 156 Å². The van der Waals surface area contributed by atoms with Gasteiger partial charge in [-0.3, -0.25) is 4.90 Å². The Bertz CT molecular complexity index is 925. The van der Waals surface area contributed by atoms with Gasteiger partial charge >= 0.3 is 0 Å². The average Bonchev–Trinajstić information content (AvgIpc) is 3.24. The summed E-state index contributed by atoms with van der Waals surface area (Å²) in [6.45, 7) is 3.76. The minimum atomic E-state index is -0.363. The van der Waals surface area contributed by atoms with E-state index in [0.29, 0.717) is 25.6 Å². The van der Waals surface area contributed by atoms with Crippen molar-refractivity contribution in [3.63, 3.8) is 0 Å². The van der Waals surface area contributed by atoms with Crippen molar-refractivity contribution in [1.82, 2.24) is 19.7 Å². The van der Waals surface area contributed by atoms with E-state index in [1.165, 1.54) is 6.07 Å². The number of benzene rings is 1. The number of nitrogens with zero attached hydrogens (tertiary/aromatic N) is 4. The molecular formula is C19H21ClFN5. The number of nitrogens with two attached hydrogens (primary N) is 1. The van der Waals surface area contributed by atoms with Crippen LogP contribution in [0.5, 0.6) is 0 Å². The Morgan fingerprint density at radius 2 is 2.19 bits per heavy atom. The lowest BCUT2D eigenvalue weighted by Gasteiger charge is -2.16. The van der Waals surface area contributed by atoms with E-state index in [0.717, 1.165) is 41.8 Å². The number of aromatic nitrogens is 3. The van der Waals surface area contributed by atoms with Crippen LogP contribution >= 0.6 is 11.6 Å². The maximum absolute atomic E-state index is 13.7. The Balaban J connectivity index is 1.53. The largest absolute Gasteiger partial charge is 0.329 e. The smallest absolute Gasteiger partial charge is 0.158 e. The van der Waals surface area contributed by atoms with E-state index < -0.39 is 0 Å². The lowest BCUT2D eigenvalue weighted by Crippen LogP contribution is -2.20. The molecule has 0 radical (unpaired) electrons. The third kappa shape index (κ3) is 3.32. The van der Waals surface area contributed by atoms with Crippen LogP contribution in [0.3, 0.4) is 0 Å². The molecule has 2 N–H and O–H groups in total. The van der Waals surface area contributed by atoms with Crippen LogP contribution in [-0.2, 0) is 13.1 Å². The standard InChI is InChI=1S/C19H21ClFN5/c20-16-4-3-13(10-17(16)21)11-25-8-5-14(12-25)18-15-2-1-7-23-19(15)26(24-18)9-6-22/h1-4,7,10,14H,5-6,8-9,11-12,22H2/t14-/m1/s1. The van der Waals surface area contributed by atoms with E-state index in [4.69, 9.17) is 22.4 Å². The summed E-state index contributed by atoms with van der Waals surface area (Å²) in [5, 5.41) is 6.06. The van der Waals surface area contributed by atoms with Crippen molar-refractivity contribution in [2.45, 2.75) is 25.4 Å². The average molecular weight is 374 g/mol. The monoisotopic (exact) mass is 373 g/mol. The fraction of sp³-hybridized carbons (Fsp3) is 0.368. The second-order valence-electron chi connectivity index (χ2n) is 6.74. The predicted octanol–water partition coefficient (Wildman–Crippen LogP) is 3.17. The lowest BCUT2D eigenvalue weighted by atomic mass is 10.0. The fourth-order valence-electron chi connectivity index (χ4n) is 3.71. The molecule has 0 aliphatic carbocycles. The predicted molar refractivity (Wildman–Crippen MR) is 101 cm³/mol. The van der Waals surface area contributed by atoms with Crippen molar-refractivity contribution in [2.24, 2.45) is 5.73 Å². The molecule has 1 aliphatic heterocycles. The second-order valence-corrected chi connectivity index (χ2v) is 7.15. The van der Waals surface area contributed by atoms with Crippen molar-refractivity contribution < 1.29 is 4.39 Å². The van der Waals surface area contributed by atoms with Crippen molar-refractivity contribution in [1.29, 1.82) is 0 Å². The summed E-state index contributed by atoms with van der Waals surface area (Å²) in [6, 6.07) is 9.05. The highest BCUT2D eigenvalue weighted by molar-refractivity contribution is 6.30. The van der Waals surface area contributed by atoms with Crippen molar-refractivity contribution >= 4 is 22.6 Å². The zero-order valence-electron chi connectivity index (χ0n) is 14.4. The van der Waals surface area contributed by atoms with Crippen molar-refractivity contribution in [3.8, 4) is 0 Å². The molecule has 2 aromatic heterocycles. The van der Waals surface area contributed by atoms with Crippen LogP contribution in [0.1, 0.15) is 23.6 Å². The molecule has 3 heterocycles. The first-order valence-corrected chi connectivity index (χ1v) is 9.21. The molecule has 0 bridgehead atoms. The van der Waals surface area contributed by atoms with Crippen LogP contribution in [0.2, 0.25) is 5.02 Å². The Morgan fingerprint density at radius 3 is 3.00 bits per heavy atom. The normalized spacial score (nSPS) is 18.0. The Morgan fingerprint density at radius 1 is 1.31 bits per heavy atom. The SMILES string of the molecule is NCCn1nc([C@@H]2CCN(Cc3ccc(Cl)c(F)c3)C2)c2cccnc21. The number of likely N-dealkylation sites (tertiary alicyclic amines) is 1. The van der Waals surface area contributed by atoms with Crippen LogP contribution in [0.4, 0.5) is 4.39 Å². The Kier molecular flexibility index (Phi) is 4.89. The summed E-state index contributed by atoms with van der Waals surface area (Å²) in [6.07, 6.45) is 2.82. The van der Waals surface area contributed by atoms with Crippen LogP contribution < -0.4 is 5.73 Å². The summed E-state index contributed by atoms with van der Waals surface area (Å²) < 4.78 is 15.6. The number of hydrogen-bond donors (Lipinski definition) is 1. The quantitative estimate of drug-likeness (QED) is 0.746. The van der Waals surface area contributed by atoms with Crippen LogP contribution in [0, 0.1) is 5.82 Å². The van der Waals surface area contributed by atoms with E-state index >= 15 is 0 Å². The van der Waals surface area contributed by atoms with Gasteiger partial charge < -0.3 is 5.73 Å². The molecule has 1 saturated heterocycles. The minimum absolute atomic E-state index is 0.164. The molecule has 1 fully saturated rings. The molecule has 136 valence electrons. The molecule has 1 aliphatic rings. The molecule has 3 aromatic rings. The molecule has 7 heteroatoms. The van der Waals surface area contributed by atoms with E-state index in [1.54, 1.807) is 12.3 Å². The molecule has 26 heavy (non-hydrogen) atoms. The van der Waals surface area contributed by atoms with Crippen LogP contribution in [-0.4, -0.2) is 39.3 Å². The molecule has 0 spiro atoms. The second kappa shape index (κ2) is 7.31. The number of fused-ring (bicyclic) bond motifs is 1. The highest BCUT2D eigenvalue weighted by atomic mass is 35.5. The summed E-state index contributed by atoms with van der Waals surface area (Å²) in [4.78, 5) is 6.80. The molecule has 5 nitrogen and oxygen atoms in total. The van der Waals surface area contributed by atoms with Gasteiger partial charge in [-0.05, 0) is 42.8 Å². The van der Waals surface area contributed by atoms with Gasteiger partial charge in [-0.2, -0.15) is 5.10 Å². The fourth-order valence-corrected chi connectivity index (χ4v) is 3.83. The maximum Gasteiger partial charge on any atom is 0.158 e. The summed E-state index contributed by atoms with van der Waals surface area (Å²) in [7, 11) is 0. The van der Waals surface area contributed by atoms with E-state index in [-0.39, 0.29) is 10.8 Å². The topological polar surface area (TPSA) is 60.0 Å². The van der Waals surface area contributed by atoms with Gasteiger partial charge in [0.05, 0.1) is 17.3 Å². The van der Waals surface area contributed by atoms with Gasteiger partial charge in [0, 0.05) is 37.1 Å². The minimum Gasteiger partial charge on any atom is -0.329 e. The highest BCUT2D eigenvalue weighted by Gasteiger charge is 2.28. The first-order valence-electron chi connectivity index (χ1n) is 8.83. The van der Waals surface area contributed by atoms with Crippen molar-refractivity contribution in [2.75, 3.05) is 19.6 Å². The lowest BCUT2D eigenvalue weighted by molar-refractivity contribution is 0.325. The van der Waals surface area contributed by atoms with Gasteiger partial charge in [-0.25, -0.2) is 14.1 Å². The van der Waals surface area contributed by atoms with Gasteiger partial charge in [0.25, 0.3) is 0 Å². The molecule has 1 aromatic carbocycles. The van der Waals surface area contributed by atoms with E-state index in [9.17, 15) is 4.39 Å². The van der Waals surface area contributed by atoms with E-state index in [2.05, 4.69) is 16.0 Å². The molecular weight excluding hydrogens is 353 g/mol. The summed E-state index contributed by atoms with van der Waals surface area (Å²) in [5.41, 5.74) is 8.63. The molecule has 0 saturated carbocycles. The highest BCUT2D eigenvalue weighted by Crippen LogP contribution is 2.32. The zero-order valence-corrected chi connectivity index (χ0v) is 15.2. The summed E-state index contributed by atoms with van der Waals surface area (Å²) >= 11 is 5.77. The number of hydrogen-bond acceptors (Lipinski definition) is 4. The first kappa shape index (κ1) is 17.4. The molecule has 0 unspecified atom stereocenters. The van der Waals surface area contributed by atoms with Gasteiger partial charge in [0.2, 0.25) is 0 Å². The van der Waals surface area contributed by atoms with E-state index in [1.807, 2.05) is 16.8 Å². The van der Waals surface area contributed by atoms with Gasteiger partial charge in [0.15, 0.2) is 5.65 Å². The van der Waals surface area contributed by atoms with Gasteiger partial charge in [0.1, 0.15) is 5.82 Å². The van der Waals surface area contributed by atoms with Gasteiger partial charge in [-0.1, -0.05) is 17.7 Å².